The molecule has 14 nitrogen and oxygen atoms in total. The fraction of sp³-hybridized carbons (Fsp3) is 0.188. The van der Waals surface area contributed by atoms with Crippen molar-refractivity contribution in [3.05, 3.63) is 133 Å². The van der Waals surface area contributed by atoms with E-state index in [1.165, 1.54) is 38.6 Å². The fourth-order valence-corrected chi connectivity index (χ4v) is 6.84. The Labute approximate surface area is 366 Å². The normalized spacial score (nSPS) is 12.2. The van der Waals surface area contributed by atoms with Crippen molar-refractivity contribution in [2.45, 2.75) is 25.8 Å². The Bertz CT molecular complexity index is 2830. The number of ether oxygens (including phenoxy) is 6. The number of anilines is 2. The summed E-state index contributed by atoms with van der Waals surface area (Å²) in [5.74, 6) is -0.135. The molecule has 328 valence electrons. The van der Waals surface area contributed by atoms with Crippen LogP contribution < -0.4 is 44.0 Å². The molecule has 1 aliphatic rings. The average Bonchev–Trinajstić information content (AvgIpc) is 3.32. The minimum absolute atomic E-state index is 0.0190. The summed E-state index contributed by atoms with van der Waals surface area (Å²) in [7, 11) is 6.12. The van der Waals surface area contributed by atoms with Crippen LogP contribution in [0.15, 0.2) is 116 Å². The number of aromatic nitrogens is 2. The van der Waals surface area contributed by atoms with Crippen LogP contribution in [0.4, 0.5) is 20.2 Å². The molecule has 2 N–H and O–H groups in total. The van der Waals surface area contributed by atoms with E-state index in [0.29, 0.717) is 75.0 Å². The third-order valence-electron chi connectivity index (χ3n) is 10.1. The smallest absolute Gasteiger partial charge is 0.313 e. The molecular weight excluding hydrogens is 829 g/mol. The van der Waals surface area contributed by atoms with E-state index in [4.69, 9.17) is 28.4 Å². The molecule has 3 heterocycles. The number of halogens is 2. The number of hydrogen-bond acceptors (Lipinski definition) is 11. The SMILES string of the molecule is COc1cc2nccc(Oc3ccc(N4CCCCC4=O)cc3F)c2cc1OC.COc1cc2nccc(Oc3ccc(NC(=O)C(=O)NCc4ccccc4)cc3F)c2cc1OC. The zero-order valence-electron chi connectivity index (χ0n) is 35.3. The van der Waals surface area contributed by atoms with Crippen molar-refractivity contribution >= 4 is 50.9 Å². The third kappa shape index (κ3) is 10.2. The van der Waals surface area contributed by atoms with E-state index in [0.717, 1.165) is 24.5 Å². The highest BCUT2D eigenvalue weighted by Crippen LogP contribution is 2.39. The number of fused-ring (bicyclic) bond motifs is 2. The molecule has 8 rings (SSSR count). The van der Waals surface area contributed by atoms with E-state index >= 15 is 0 Å². The Morgan fingerprint density at radius 2 is 1.16 bits per heavy atom. The van der Waals surface area contributed by atoms with Crippen LogP contribution in [-0.4, -0.2) is 62.7 Å². The number of rotatable bonds is 12. The maximum Gasteiger partial charge on any atom is 0.313 e. The van der Waals surface area contributed by atoms with Crippen LogP contribution in [0.5, 0.6) is 46.0 Å². The fourth-order valence-electron chi connectivity index (χ4n) is 6.84. The lowest BCUT2D eigenvalue weighted by Gasteiger charge is -2.27. The summed E-state index contributed by atoms with van der Waals surface area (Å²) in [5, 5.41) is 6.16. The van der Waals surface area contributed by atoms with Gasteiger partial charge in [-0.1, -0.05) is 30.3 Å². The predicted octanol–water partition coefficient (Wildman–Crippen LogP) is 9.14. The number of benzene rings is 5. The number of piperidine rings is 1. The molecule has 0 unspecified atom stereocenters. The van der Waals surface area contributed by atoms with Gasteiger partial charge in [-0.25, -0.2) is 8.78 Å². The van der Waals surface area contributed by atoms with E-state index in [1.54, 1.807) is 73.8 Å². The van der Waals surface area contributed by atoms with E-state index in [-0.39, 0.29) is 29.6 Å². The maximum absolute atomic E-state index is 14.8. The van der Waals surface area contributed by atoms with Gasteiger partial charge in [0.25, 0.3) is 0 Å². The lowest BCUT2D eigenvalue weighted by atomic mass is 10.1. The first kappa shape index (κ1) is 44.1. The number of hydrogen-bond donors (Lipinski definition) is 2. The van der Waals surface area contributed by atoms with Crippen LogP contribution >= 0.6 is 0 Å². The quantitative estimate of drug-likeness (QED) is 0.113. The summed E-state index contributed by atoms with van der Waals surface area (Å²) in [6.07, 6.45) is 5.41. The molecule has 1 aliphatic heterocycles. The Hall–Kier alpha value is -8.01. The van der Waals surface area contributed by atoms with Crippen LogP contribution in [0, 0.1) is 11.6 Å². The Kier molecular flexibility index (Phi) is 13.9. The summed E-state index contributed by atoms with van der Waals surface area (Å²) in [6, 6.07) is 27.7. The van der Waals surface area contributed by atoms with Gasteiger partial charge in [-0.05, 0) is 66.9 Å². The lowest BCUT2D eigenvalue weighted by molar-refractivity contribution is -0.136. The van der Waals surface area contributed by atoms with Gasteiger partial charge in [-0.3, -0.25) is 24.4 Å². The van der Waals surface area contributed by atoms with Gasteiger partial charge in [0, 0.05) is 78.3 Å². The first-order valence-electron chi connectivity index (χ1n) is 20.0. The van der Waals surface area contributed by atoms with Gasteiger partial charge in [0.15, 0.2) is 46.1 Å². The first-order chi connectivity index (χ1) is 31.1. The van der Waals surface area contributed by atoms with Crippen molar-refractivity contribution < 1.29 is 51.6 Å². The monoisotopic (exact) mass is 871 g/mol. The standard InChI is InChI=1S/C26H22FN3O5.C22H21FN2O4/c1-33-23-13-18-20(14-24(23)34-2)28-11-10-21(18)35-22-9-8-17(12-19(22)27)30-26(32)25(31)29-15-16-6-4-3-5-7-16;1-27-20-12-15-17(13-21(20)28-2)24-9-8-18(15)29-19-7-6-14(11-16(19)23)25-10-4-3-5-22(25)26/h3-14H,15H2,1-2H3,(H,29,31)(H,30,32);6-9,11-13H,3-5,10H2,1-2H3. The van der Waals surface area contributed by atoms with Gasteiger partial charge >= 0.3 is 11.8 Å². The number of carbonyl (C=O) groups excluding carboxylic acids is 3. The highest BCUT2D eigenvalue weighted by molar-refractivity contribution is 6.39. The molecular formula is C48H43F2N5O9. The predicted molar refractivity (Wildman–Crippen MR) is 236 cm³/mol. The maximum atomic E-state index is 14.8. The van der Waals surface area contributed by atoms with Crippen molar-refractivity contribution in [3.8, 4) is 46.0 Å². The van der Waals surface area contributed by atoms with Gasteiger partial charge < -0.3 is 44.0 Å². The minimum atomic E-state index is -0.907. The molecule has 0 aliphatic carbocycles. The van der Waals surface area contributed by atoms with Gasteiger partial charge in [-0.2, -0.15) is 0 Å². The molecule has 3 amide bonds. The van der Waals surface area contributed by atoms with Gasteiger partial charge in [0.1, 0.15) is 11.5 Å². The number of amides is 3. The Balaban J connectivity index is 0.000000195. The summed E-state index contributed by atoms with van der Waals surface area (Å²) in [5.41, 5.74) is 2.72. The van der Waals surface area contributed by atoms with Crippen LogP contribution in [0.25, 0.3) is 21.8 Å². The van der Waals surface area contributed by atoms with Crippen LogP contribution in [0.2, 0.25) is 0 Å². The highest BCUT2D eigenvalue weighted by atomic mass is 19.1. The van der Waals surface area contributed by atoms with E-state index in [9.17, 15) is 23.2 Å². The summed E-state index contributed by atoms with van der Waals surface area (Å²) in [6.45, 7) is 0.805. The van der Waals surface area contributed by atoms with Crippen molar-refractivity contribution in [2.75, 3.05) is 45.2 Å². The Morgan fingerprint density at radius 3 is 1.69 bits per heavy atom. The van der Waals surface area contributed by atoms with Crippen molar-refractivity contribution in [1.29, 1.82) is 0 Å². The largest absolute Gasteiger partial charge is 0.493 e. The second kappa shape index (κ2) is 20.2. The molecule has 0 bridgehead atoms. The molecule has 7 aromatic rings. The van der Waals surface area contributed by atoms with Gasteiger partial charge in [-0.15, -0.1) is 0 Å². The summed E-state index contributed by atoms with van der Waals surface area (Å²) in [4.78, 5) is 46.6. The second-order valence-corrected chi connectivity index (χ2v) is 14.2. The third-order valence-corrected chi connectivity index (χ3v) is 10.1. The molecule has 16 heteroatoms. The van der Waals surface area contributed by atoms with Crippen molar-refractivity contribution in [1.82, 2.24) is 15.3 Å². The van der Waals surface area contributed by atoms with E-state index in [2.05, 4.69) is 20.6 Å². The van der Waals surface area contributed by atoms with Gasteiger partial charge in [0.05, 0.1) is 39.5 Å². The van der Waals surface area contributed by atoms with E-state index in [1.807, 2.05) is 30.3 Å². The lowest BCUT2D eigenvalue weighted by Crippen LogP contribution is -2.35. The molecule has 0 spiro atoms. The number of methoxy groups -OCH3 is 4. The van der Waals surface area contributed by atoms with E-state index < -0.39 is 23.4 Å². The zero-order valence-corrected chi connectivity index (χ0v) is 35.3. The molecule has 64 heavy (non-hydrogen) atoms. The number of nitrogens with one attached hydrogen (secondary N) is 2. The summed E-state index contributed by atoms with van der Waals surface area (Å²) < 4.78 is 62.5. The second-order valence-electron chi connectivity index (χ2n) is 14.2. The van der Waals surface area contributed by atoms with Crippen LogP contribution in [-0.2, 0) is 20.9 Å². The molecule has 1 saturated heterocycles. The highest BCUT2D eigenvalue weighted by Gasteiger charge is 2.22. The molecule has 1 fully saturated rings. The minimum Gasteiger partial charge on any atom is -0.493 e. The molecule has 5 aromatic carbocycles. The molecule has 0 saturated carbocycles. The number of carbonyl (C=O) groups is 3. The summed E-state index contributed by atoms with van der Waals surface area (Å²) >= 11 is 0. The first-order valence-corrected chi connectivity index (χ1v) is 20.0. The number of pyridine rings is 2. The van der Waals surface area contributed by atoms with Gasteiger partial charge in [0.2, 0.25) is 5.91 Å². The average molecular weight is 872 g/mol. The zero-order chi connectivity index (χ0) is 45.2. The van der Waals surface area contributed by atoms with Crippen LogP contribution in [0.1, 0.15) is 24.8 Å². The van der Waals surface area contributed by atoms with Crippen LogP contribution in [0.3, 0.4) is 0 Å². The topological polar surface area (TPSA) is 160 Å². The molecule has 2 aromatic heterocycles. The Morgan fingerprint density at radius 1 is 0.609 bits per heavy atom. The van der Waals surface area contributed by atoms with Crippen molar-refractivity contribution in [2.24, 2.45) is 0 Å². The molecule has 0 radical (unpaired) electrons. The molecule has 0 atom stereocenters. The number of nitrogens with zero attached hydrogens (tertiary/aromatic N) is 3. The van der Waals surface area contributed by atoms with Crippen molar-refractivity contribution in [3.63, 3.8) is 0 Å².